The molecule has 4 nitrogen and oxygen atoms in total. The zero-order valence-electron chi connectivity index (χ0n) is 10.8. The standard InChI is InChI=1S/C14H18N2O2S/c17-14(18)11-8-9-2-1-3-12(9)16-13(11)15-10-4-6-19-7-5-10/h8,10H,1-7H2,(H,15,16)(H,17,18). The van der Waals surface area contributed by atoms with Crippen LogP contribution in [0.25, 0.3) is 0 Å². The fourth-order valence-electron chi connectivity index (χ4n) is 2.78. The lowest BCUT2D eigenvalue weighted by molar-refractivity contribution is 0.0697. The summed E-state index contributed by atoms with van der Waals surface area (Å²) >= 11 is 1.96. The van der Waals surface area contributed by atoms with Crippen LogP contribution >= 0.6 is 11.8 Å². The highest BCUT2D eigenvalue weighted by molar-refractivity contribution is 7.99. The number of carbonyl (C=O) groups is 1. The molecule has 0 atom stereocenters. The molecule has 0 bridgehead atoms. The van der Waals surface area contributed by atoms with Gasteiger partial charge in [0.25, 0.3) is 0 Å². The molecule has 0 unspecified atom stereocenters. The first-order valence-electron chi connectivity index (χ1n) is 6.84. The lowest BCUT2D eigenvalue weighted by atomic mass is 10.1. The second kappa shape index (κ2) is 5.41. The number of anilines is 1. The molecule has 0 spiro atoms. The molecule has 0 radical (unpaired) electrons. The summed E-state index contributed by atoms with van der Waals surface area (Å²) in [6.45, 7) is 0. The number of hydrogen-bond acceptors (Lipinski definition) is 4. The van der Waals surface area contributed by atoms with E-state index >= 15 is 0 Å². The van der Waals surface area contributed by atoms with Crippen molar-refractivity contribution in [1.82, 2.24) is 4.98 Å². The van der Waals surface area contributed by atoms with Crippen LogP contribution in [-0.2, 0) is 12.8 Å². The highest BCUT2D eigenvalue weighted by atomic mass is 32.2. The molecule has 0 saturated carbocycles. The predicted octanol–water partition coefficient (Wildman–Crippen LogP) is 2.58. The number of pyridine rings is 1. The Bertz CT molecular complexity index is 498. The third kappa shape index (κ3) is 2.71. The second-order valence-corrected chi connectivity index (χ2v) is 6.40. The first-order chi connectivity index (χ1) is 9.24. The number of carboxylic acid groups (broad SMARTS) is 1. The number of rotatable bonds is 3. The Kier molecular flexibility index (Phi) is 3.64. The van der Waals surface area contributed by atoms with Gasteiger partial charge in [-0.1, -0.05) is 0 Å². The van der Waals surface area contributed by atoms with Crippen LogP contribution in [0.3, 0.4) is 0 Å². The van der Waals surface area contributed by atoms with Gasteiger partial charge in [-0.2, -0.15) is 11.8 Å². The zero-order valence-corrected chi connectivity index (χ0v) is 11.6. The van der Waals surface area contributed by atoms with E-state index in [-0.39, 0.29) is 0 Å². The minimum Gasteiger partial charge on any atom is -0.478 e. The van der Waals surface area contributed by atoms with Crippen molar-refractivity contribution in [2.24, 2.45) is 0 Å². The number of nitrogens with one attached hydrogen (secondary N) is 1. The van der Waals surface area contributed by atoms with Crippen LogP contribution in [0.4, 0.5) is 5.82 Å². The summed E-state index contributed by atoms with van der Waals surface area (Å²) in [5, 5.41) is 12.7. The lowest BCUT2D eigenvalue weighted by Gasteiger charge is -2.24. The van der Waals surface area contributed by atoms with Gasteiger partial charge in [0, 0.05) is 11.7 Å². The fraction of sp³-hybridized carbons (Fsp3) is 0.571. The number of nitrogens with zero attached hydrogens (tertiary/aromatic N) is 1. The van der Waals surface area contributed by atoms with Gasteiger partial charge in [-0.05, 0) is 55.2 Å². The van der Waals surface area contributed by atoms with Crippen LogP contribution in [-0.4, -0.2) is 33.6 Å². The number of thioether (sulfide) groups is 1. The molecule has 3 rings (SSSR count). The number of aromatic nitrogens is 1. The van der Waals surface area contributed by atoms with Gasteiger partial charge in [-0.3, -0.25) is 0 Å². The molecule has 5 heteroatoms. The van der Waals surface area contributed by atoms with Crippen molar-refractivity contribution in [1.29, 1.82) is 0 Å². The molecule has 102 valence electrons. The van der Waals surface area contributed by atoms with E-state index in [9.17, 15) is 9.90 Å². The van der Waals surface area contributed by atoms with Crippen molar-refractivity contribution in [2.45, 2.75) is 38.1 Å². The van der Waals surface area contributed by atoms with E-state index in [4.69, 9.17) is 0 Å². The normalized spacial score (nSPS) is 19.2. The van der Waals surface area contributed by atoms with E-state index in [1.807, 2.05) is 17.8 Å². The van der Waals surface area contributed by atoms with E-state index in [0.717, 1.165) is 54.9 Å². The Balaban J connectivity index is 1.87. The average molecular weight is 278 g/mol. The minimum atomic E-state index is -0.880. The maximum Gasteiger partial charge on any atom is 0.339 e. The summed E-state index contributed by atoms with van der Waals surface area (Å²) in [7, 11) is 0. The molecule has 1 aromatic rings. The summed E-state index contributed by atoms with van der Waals surface area (Å²) < 4.78 is 0. The van der Waals surface area contributed by atoms with E-state index in [0.29, 0.717) is 17.4 Å². The van der Waals surface area contributed by atoms with Gasteiger partial charge in [0.1, 0.15) is 11.4 Å². The summed E-state index contributed by atoms with van der Waals surface area (Å²) in [4.78, 5) is 15.9. The summed E-state index contributed by atoms with van der Waals surface area (Å²) in [5.41, 5.74) is 2.53. The third-order valence-electron chi connectivity index (χ3n) is 3.84. The highest BCUT2D eigenvalue weighted by Crippen LogP contribution is 2.27. The van der Waals surface area contributed by atoms with Crippen LogP contribution in [0.2, 0.25) is 0 Å². The summed E-state index contributed by atoms with van der Waals surface area (Å²) in [6, 6.07) is 2.18. The van der Waals surface area contributed by atoms with Crippen molar-refractivity contribution in [2.75, 3.05) is 16.8 Å². The second-order valence-electron chi connectivity index (χ2n) is 5.18. The van der Waals surface area contributed by atoms with Crippen molar-refractivity contribution in [3.63, 3.8) is 0 Å². The summed E-state index contributed by atoms with van der Waals surface area (Å²) in [5.74, 6) is 1.98. The van der Waals surface area contributed by atoms with Crippen LogP contribution < -0.4 is 5.32 Å². The maximum atomic E-state index is 11.4. The van der Waals surface area contributed by atoms with Crippen molar-refractivity contribution < 1.29 is 9.90 Å². The topological polar surface area (TPSA) is 62.2 Å². The van der Waals surface area contributed by atoms with Gasteiger partial charge in [0.05, 0.1) is 0 Å². The Labute approximate surface area is 117 Å². The number of fused-ring (bicyclic) bond motifs is 1. The number of aromatic carboxylic acids is 1. The van der Waals surface area contributed by atoms with Gasteiger partial charge in [0.2, 0.25) is 0 Å². The van der Waals surface area contributed by atoms with E-state index < -0.39 is 5.97 Å². The monoisotopic (exact) mass is 278 g/mol. The molecule has 1 fully saturated rings. The molecule has 2 heterocycles. The van der Waals surface area contributed by atoms with E-state index in [1.165, 1.54) is 0 Å². The van der Waals surface area contributed by atoms with Crippen molar-refractivity contribution in [3.8, 4) is 0 Å². The molecular weight excluding hydrogens is 260 g/mol. The minimum absolute atomic E-state index is 0.332. The van der Waals surface area contributed by atoms with Gasteiger partial charge in [-0.15, -0.1) is 0 Å². The Hall–Kier alpha value is -1.23. The Morgan fingerprint density at radius 2 is 2.16 bits per heavy atom. The smallest absolute Gasteiger partial charge is 0.339 e. The number of carboxylic acids is 1. The number of hydrogen-bond donors (Lipinski definition) is 2. The molecular formula is C14H18N2O2S. The molecule has 2 aliphatic rings. The molecule has 0 amide bonds. The fourth-order valence-corrected chi connectivity index (χ4v) is 3.89. The third-order valence-corrected chi connectivity index (χ3v) is 4.89. The van der Waals surface area contributed by atoms with Crippen molar-refractivity contribution >= 4 is 23.5 Å². The highest BCUT2D eigenvalue weighted by Gasteiger charge is 2.22. The largest absolute Gasteiger partial charge is 0.478 e. The van der Waals surface area contributed by atoms with Crippen LogP contribution in [0, 0.1) is 0 Å². The van der Waals surface area contributed by atoms with E-state index in [1.54, 1.807) is 0 Å². The molecule has 1 aliphatic carbocycles. The quantitative estimate of drug-likeness (QED) is 0.890. The van der Waals surface area contributed by atoms with Crippen molar-refractivity contribution in [3.05, 3.63) is 22.9 Å². The Morgan fingerprint density at radius 1 is 1.37 bits per heavy atom. The first kappa shape index (κ1) is 12.8. The Morgan fingerprint density at radius 3 is 2.89 bits per heavy atom. The SMILES string of the molecule is O=C(O)c1cc2c(nc1NC1CCSCC1)CCC2. The number of aryl methyl sites for hydroxylation is 2. The van der Waals surface area contributed by atoms with Crippen LogP contribution in [0.1, 0.15) is 40.9 Å². The summed E-state index contributed by atoms with van der Waals surface area (Å²) in [6.07, 6.45) is 5.20. The molecule has 19 heavy (non-hydrogen) atoms. The van der Waals surface area contributed by atoms with Gasteiger partial charge < -0.3 is 10.4 Å². The lowest BCUT2D eigenvalue weighted by Crippen LogP contribution is -2.26. The molecule has 1 aliphatic heterocycles. The predicted molar refractivity (Wildman–Crippen MR) is 77.2 cm³/mol. The van der Waals surface area contributed by atoms with Gasteiger partial charge in [0.15, 0.2) is 0 Å². The maximum absolute atomic E-state index is 11.4. The average Bonchev–Trinajstić information content (AvgIpc) is 2.86. The molecule has 0 aromatic carbocycles. The van der Waals surface area contributed by atoms with Crippen LogP contribution in [0.15, 0.2) is 6.07 Å². The van der Waals surface area contributed by atoms with Gasteiger partial charge >= 0.3 is 5.97 Å². The van der Waals surface area contributed by atoms with E-state index in [2.05, 4.69) is 10.3 Å². The zero-order chi connectivity index (χ0) is 13.2. The first-order valence-corrected chi connectivity index (χ1v) is 8.00. The van der Waals surface area contributed by atoms with Crippen LogP contribution in [0.5, 0.6) is 0 Å². The molecule has 2 N–H and O–H groups in total. The van der Waals surface area contributed by atoms with Gasteiger partial charge in [-0.25, -0.2) is 9.78 Å². The molecule has 1 aromatic heterocycles. The molecule has 1 saturated heterocycles.